The van der Waals surface area contributed by atoms with Gasteiger partial charge in [-0.25, -0.2) is 9.38 Å². The average Bonchev–Trinajstić information content (AvgIpc) is 2.15. The Balaban J connectivity index is 3.01. The van der Waals surface area contributed by atoms with Crippen molar-refractivity contribution < 1.29 is 4.39 Å². The van der Waals surface area contributed by atoms with Gasteiger partial charge >= 0.3 is 0 Å². The van der Waals surface area contributed by atoms with E-state index in [4.69, 9.17) is 0 Å². The van der Waals surface area contributed by atoms with Crippen molar-refractivity contribution in [1.82, 2.24) is 0 Å². The molecule has 0 heterocycles. The quantitative estimate of drug-likeness (QED) is 0.536. The largest absolute Gasteiger partial charge is 0.247 e. The van der Waals surface area contributed by atoms with Crippen LogP contribution in [0.2, 0.25) is 0 Å². The van der Waals surface area contributed by atoms with Gasteiger partial charge in [-0.1, -0.05) is 6.58 Å². The average molecular weight is 209 g/mol. The van der Waals surface area contributed by atoms with Gasteiger partial charge in [0.1, 0.15) is 10.9 Å². The molecular weight excluding hydrogens is 197 g/mol. The summed E-state index contributed by atoms with van der Waals surface area (Å²) in [5.74, 6) is -0.232. The van der Waals surface area contributed by atoms with E-state index in [9.17, 15) is 4.39 Å². The Labute approximate surface area is 87.8 Å². The third kappa shape index (κ3) is 3.00. The molecule has 0 aliphatic carbocycles. The van der Waals surface area contributed by atoms with Crippen LogP contribution in [0.25, 0.3) is 0 Å². The van der Waals surface area contributed by atoms with Gasteiger partial charge in [0, 0.05) is 11.3 Å². The van der Waals surface area contributed by atoms with E-state index in [1.54, 1.807) is 12.1 Å². The summed E-state index contributed by atoms with van der Waals surface area (Å²) in [6.07, 6.45) is 1.94. The van der Waals surface area contributed by atoms with E-state index in [1.165, 1.54) is 23.9 Å². The molecule has 1 aromatic rings. The lowest BCUT2D eigenvalue weighted by Crippen LogP contribution is -1.94. The Morgan fingerprint density at radius 1 is 1.36 bits per heavy atom. The molecule has 0 aliphatic rings. The molecule has 1 rings (SSSR count). The lowest BCUT2D eigenvalue weighted by Gasteiger charge is -2.02. The fourth-order valence-electron chi connectivity index (χ4n) is 0.994. The molecule has 14 heavy (non-hydrogen) atoms. The second-order valence-electron chi connectivity index (χ2n) is 2.86. The molecule has 0 N–H and O–H groups in total. The molecule has 0 unspecified atom stereocenters. The summed E-state index contributed by atoms with van der Waals surface area (Å²) in [4.78, 5) is 4.26. The first-order valence-corrected chi connectivity index (χ1v) is 5.40. The molecule has 0 saturated heterocycles. The van der Waals surface area contributed by atoms with Crippen molar-refractivity contribution in [3.05, 3.63) is 47.9 Å². The molecule has 0 amide bonds. The van der Waals surface area contributed by atoms with Gasteiger partial charge in [0.15, 0.2) is 0 Å². The zero-order valence-corrected chi connectivity index (χ0v) is 9.07. The second-order valence-corrected chi connectivity index (χ2v) is 3.66. The fourth-order valence-corrected chi connectivity index (χ4v) is 1.61. The van der Waals surface area contributed by atoms with Gasteiger partial charge in [-0.15, -0.1) is 11.8 Å². The molecule has 0 atom stereocenters. The predicted molar refractivity (Wildman–Crippen MR) is 61.3 cm³/mol. The summed E-state index contributed by atoms with van der Waals surface area (Å²) in [7, 11) is 0. The summed E-state index contributed by atoms with van der Waals surface area (Å²) in [5, 5.41) is 0.859. The van der Waals surface area contributed by atoms with Gasteiger partial charge in [0.05, 0.1) is 0 Å². The highest BCUT2D eigenvalue weighted by atomic mass is 32.2. The molecule has 0 bridgehead atoms. The lowest BCUT2D eigenvalue weighted by molar-refractivity contribution is 0.628. The van der Waals surface area contributed by atoms with E-state index < -0.39 is 0 Å². The highest BCUT2D eigenvalue weighted by Gasteiger charge is 2.01. The monoisotopic (exact) mass is 209 g/mol. The molecule has 1 nitrogen and oxygen atoms in total. The molecule has 0 saturated carbocycles. The third-order valence-electron chi connectivity index (χ3n) is 1.58. The topological polar surface area (TPSA) is 12.4 Å². The van der Waals surface area contributed by atoms with E-state index in [1.807, 2.05) is 13.2 Å². The number of halogens is 1. The Kier molecular flexibility index (Phi) is 3.89. The minimum Gasteiger partial charge on any atom is -0.247 e. The minimum atomic E-state index is -0.232. The Morgan fingerprint density at radius 3 is 2.36 bits per heavy atom. The fraction of sp³-hybridized carbons (Fsp3) is 0.182. The Morgan fingerprint density at radius 2 is 1.93 bits per heavy atom. The number of rotatable bonds is 2. The van der Waals surface area contributed by atoms with Gasteiger partial charge in [-0.2, -0.15) is 0 Å². The van der Waals surface area contributed by atoms with Crippen LogP contribution in [0.1, 0.15) is 12.5 Å². The lowest BCUT2D eigenvalue weighted by atomic mass is 10.2. The highest BCUT2D eigenvalue weighted by molar-refractivity contribution is 8.13. The molecule has 1 aromatic carbocycles. The van der Waals surface area contributed by atoms with Gasteiger partial charge in [0.25, 0.3) is 0 Å². The van der Waals surface area contributed by atoms with Crippen molar-refractivity contribution in [2.24, 2.45) is 4.99 Å². The van der Waals surface area contributed by atoms with Crippen LogP contribution < -0.4 is 0 Å². The zero-order chi connectivity index (χ0) is 10.6. The summed E-state index contributed by atoms with van der Waals surface area (Å²) in [6.45, 7) is 5.54. The number of nitrogens with zero attached hydrogens (tertiary/aromatic N) is 1. The first kappa shape index (κ1) is 11.0. The maximum Gasteiger partial charge on any atom is 0.123 e. The SMILES string of the molecule is C=C(C)/N=C(\SC)c1ccc(F)cc1. The van der Waals surface area contributed by atoms with Gasteiger partial charge in [-0.05, 0) is 37.4 Å². The summed E-state index contributed by atoms with van der Waals surface area (Å²) in [6, 6.07) is 6.29. The highest BCUT2D eigenvalue weighted by Crippen LogP contribution is 2.13. The van der Waals surface area contributed by atoms with Crippen LogP contribution in [-0.4, -0.2) is 11.3 Å². The first-order valence-electron chi connectivity index (χ1n) is 4.17. The number of benzene rings is 1. The summed E-state index contributed by atoms with van der Waals surface area (Å²) >= 11 is 1.52. The third-order valence-corrected chi connectivity index (χ3v) is 2.29. The van der Waals surface area contributed by atoms with Crippen LogP contribution in [0.15, 0.2) is 41.5 Å². The van der Waals surface area contributed by atoms with Crippen LogP contribution >= 0.6 is 11.8 Å². The normalized spacial score (nSPS) is 11.5. The predicted octanol–water partition coefficient (Wildman–Crippen LogP) is 3.47. The van der Waals surface area contributed by atoms with Crippen LogP contribution in [0.3, 0.4) is 0 Å². The van der Waals surface area contributed by atoms with Crippen molar-refractivity contribution in [2.75, 3.05) is 6.26 Å². The number of aliphatic imine (C=N–C) groups is 1. The van der Waals surface area contributed by atoms with Crippen LogP contribution in [-0.2, 0) is 0 Å². The number of allylic oxidation sites excluding steroid dienone is 1. The zero-order valence-electron chi connectivity index (χ0n) is 8.25. The molecule has 0 aliphatic heterocycles. The van der Waals surface area contributed by atoms with Crippen molar-refractivity contribution in [1.29, 1.82) is 0 Å². The smallest absolute Gasteiger partial charge is 0.123 e. The molecule has 0 aromatic heterocycles. The van der Waals surface area contributed by atoms with Gasteiger partial charge in [0.2, 0.25) is 0 Å². The number of thioether (sulfide) groups is 1. The molecule has 0 fully saturated rings. The van der Waals surface area contributed by atoms with E-state index >= 15 is 0 Å². The molecule has 3 heteroatoms. The van der Waals surface area contributed by atoms with E-state index in [-0.39, 0.29) is 5.82 Å². The maximum absolute atomic E-state index is 12.7. The van der Waals surface area contributed by atoms with E-state index in [0.717, 1.165) is 16.3 Å². The Hall–Kier alpha value is -1.09. The van der Waals surface area contributed by atoms with Gasteiger partial charge < -0.3 is 0 Å². The van der Waals surface area contributed by atoms with E-state index in [2.05, 4.69) is 11.6 Å². The first-order chi connectivity index (χ1) is 6.63. The van der Waals surface area contributed by atoms with Crippen molar-refractivity contribution in [2.45, 2.75) is 6.92 Å². The molecule has 0 spiro atoms. The van der Waals surface area contributed by atoms with Gasteiger partial charge in [-0.3, -0.25) is 0 Å². The molecular formula is C11H12FNS. The van der Waals surface area contributed by atoms with Crippen molar-refractivity contribution >= 4 is 16.8 Å². The Bertz CT molecular complexity index is 354. The minimum absolute atomic E-state index is 0.232. The van der Waals surface area contributed by atoms with E-state index in [0.29, 0.717) is 0 Å². The maximum atomic E-state index is 12.7. The van der Waals surface area contributed by atoms with Crippen molar-refractivity contribution in [3.8, 4) is 0 Å². The second kappa shape index (κ2) is 4.96. The summed E-state index contributed by atoms with van der Waals surface area (Å²) in [5.41, 5.74) is 1.67. The molecule has 74 valence electrons. The number of hydrogen-bond donors (Lipinski definition) is 0. The van der Waals surface area contributed by atoms with Crippen LogP contribution in [0.4, 0.5) is 4.39 Å². The molecule has 0 radical (unpaired) electrons. The standard InChI is InChI=1S/C11H12FNS/c1-8(2)13-11(14-3)9-4-6-10(12)7-5-9/h4-7H,1H2,2-3H3/b13-11-. The summed E-state index contributed by atoms with van der Waals surface area (Å²) < 4.78 is 12.7. The van der Waals surface area contributed by atoms with Crippen molar-refractivity contribution in [3.63, 3.8) is 0 Å². The van der Waals surface area contributed by atoms with Crippen LogP contribution in [0.5, 0.6) is 0 Å². The van der Waals surface area contributed by atoms with Crippen LogP contribution in [0, 0.1) is 5.82 Å². The number of hydrogen-bond acceptors (Lipinski definition) is 2.